The molecule has 3 aromatic rings. The van der Waals surface area contributed by atoms with Crippen molar-refractivity contribution in [3.63, 3.8) is 0 Å². The zero-order valence-electron chi connectivity index (χ0n) is 12.8. The second kappa shape index (κ2) is 5.24. The summed E-state index contributed by atoms with van der Waals surface area (Å²) in [6.07, 6.45) is 4.62. The molecule has 1 saturated carbocycles. The van der Waals surface area contributed by atoms with Crippen LogP contribution in [0.25, 0.3) is 11.0 Å². The Labute approximate surface area is 136 Å². The van der Waals surface area contributed by atoms with Crippen molar-refractivity contribution in [3.05, 3.63) is 30.4 Å². The minimum atomic E-state index is -0.462. The number of aromatic amines is 1. The van der Waals surface area contributed by atoms with E-state index in [1.165, 1.54) is 25.5 Å². The van der Waals surface area contributed by atoms with Crippen LogP contribution in [0, 0.1) is 0 Å². The van der Waals surface area contributed by atoms with Gasteiger partial charge in [0.2, 0.25) is 11.8 Å². The van der Waals surface area contributed by atoms with Crippen LogP contribution >= 0.6 is 0 Å². The topological polar surface area (TPSA) is 129 Å². The average molecular weight is 326 g/mol. The van der Waals surface area contributed by atoms with E-state index in [-0.39, 0.29) is 5.88 Å². The summed E-state index contributed by atoms with van der Waals surface area (Å²) in [6, 6.07) is 3.07. The first-order valence-corrected chi connectivity index (χ1v) is 7.36. The number of pyridine rings is 1. The van der Waals surface area contributed by atoms with Gasteiger partial charge in [-0.15, -0.1) is 0 Å². The number of carbonyl (C=O) groups is 1. The van der Waals surface area contributed by atoms with Gasteiger partial charge in [-0.3, -0.25) is 4.79 Å². The Hall–Kier alpha value is -3.07. The van der Waals surface area contributed by atoms with Gasteiger partial charge >= 0.3 is 5.97 Å². The van der Waals surface area contributed by atoms with Crippen molar-refractivity contribution in [2.75, 3.05) is 0 Å². The standard InChI is InChI=1S/C15H14N6O3/c1-8(22)23-9-2-5-17-10(6-9)24-14-11-12(15(16)3-4-15)18-7-19-13(11)20-21-14/h2,5-7H,3-4,16H2,1H3,(H,18,19,20,21). The van der Waals surface area contributed by atoms with Crippen molar-refractivity contribution in [2.24, 2.45) is 5.73 Å². The summed E-state index contributed by atoms with van der Waals surface area (Å²) in [5, 5.41) is 7.54. The predicted molar refractivity (Wildman–Crippen MR) is 82.4 cm³/mol. The molecule has 0 atom stereocenters. The number of fused-ring (bicyclic) bond motifs is 1. The van der Waals surface area contributed by atoms with Gasteiger partial charge in [-0.2, -0.15) is 5.10 Å². The second-order valence-electron chi connectivity index (χ2n) is 5.66. The zero-order chi connectivity index (χ0) is 16.7. The number of nitrogens with two attached hydrogens (primary N) is 1. The van der Waals surface area contributed by atoms with E-state index in [0.29, 0.717) is 28.4 Å². The van der Waals surface area contributed by atoms with E-state index in [0.717, 1.165) is 12.8 Å². The van der Waals surface area contributed by atoms with Crippen molar-refractivity contribution in [1.82, 2.24) is 25.1 Å². The summed E-state index contributed by atoms with van der Waals surface area (Å²) in [4.78, 5) is 23.6. The van der Waals surface area contributed by atoms with Crippen LogP contribution in [0.5, 0.6) is 17.5 Å². The Morgan fingerprint density at radius 3 is 2.92 bits per heavy atom. The molecular weight excluding hydrogens is 312 g/mol. The third-order valence-electron chi connectivity index (χ3n) is 3.75. The van der Waals surface area contributed by atoms with Gasteiger partial charge in [-0.1, -0.05) is 0 Å². The number of aromatic nitrogens is 5. The fourth-order valence-corrected chi connectivity index (χ4v) is 2.43. The number of hydrogen-bond acceptors (Lipinski definition) is 8. The van der Waals surface area contributed by atoms with Crippen LogP contribution in [0.1, 0.15) is 25.5 Å². The van der Waals surface area contributed by atoms with E-state index < -0.39 is 11.5 Å². The maximum absolute atomic E-state index is 11.0. The highest BCUT2D eigenvalue weighted by molar-refractivity contribution is 5.84. The smallest absolute Gasteiger partial charge is 0.308 e. The summed E-state index contributed by atoms with van der Waals surface area (Å²) < 4.78 is 10.8. The number of ether oxygens (including phenoxy) is 2. The first-order valence-electron chi connectivity index (χ1n) is 7.36. The monoisotopic (exact) mass is 326 g/mol. The quantitative estimate of drug-likeness (QED) is 0.688. The van der Waals surface area contributed by atoms with Gasteiger partial charge in [0.05, 0.1) is 11.2 Å². The highest BCUT2D eigenvalue weighted by Gasteiger charge is 2.44. The number of esters is 1. The van der Waals surface area contributed by atoms with Gasteiger partial charge in [0.15, 0.2) is 5.65 Å². The first-order chi connectivity index (χ1) is 11.5. The molecule has 3 heterocycles. The van der Waals surface area contributed by atoms with E-state index in [9.17, 15) is 4.79 Å². The summed E-state index contributed by atoms with van der Waals surface area (Å²) >= 11 is 0. The minimum absolute atomic E-state index is 0.246. The molecule has 0 bridgehead atoms. The SMILES string of the molecule is CC(=O)Oc1ccnc(Oc2[nH]nc3ncnc(C4(N)CC4)c23)c1. The fourth-order valence-electron chi connectivity index (χ4n) is 2.43. The summed E-state index contributed by atoms with van der Waals surface area (Å²) in [5.74, 6) is 0.514. The Kier molecular flexibility index (Phi) is 3.17. The van der Waals surface area contributed by atoms with Gasteiger partial charge in [0, 0.05) is 19.2 Å². The van der Waals surface area contributed by atoms with Gasteiger partial charge in [0.25, 0.3) is 0 Å². The van der Waals surface area contributed by atoms with Crippen molar-refractivity contribution >= 4 is 17.0 Å². The van der Waals surface area contributed by atoms with Crippen LogP contribution in [0.3, 0.4) is 0 Å². The maximum Gasteiger partial charge on any atom is 0.308 e. The Morgan fingerprint density at radius 1 is 1.33 bits per heavy atom. The summed E-state index contributed by atoms with van der Waals surface area (Å²) in [5.41, 5.74) is 6.99. The van der Waals surface area contributed by atoms with E-state index in [4.69, 9.17) is 15.2 Å². The molecule has 24 heavy (non-hydrogen) atoms. The summed E-state index contributed by atoms with van der Waals surface area (Å²) in [6.45, 7) is 1.32. The molecule has 0 aromatic carbocycles. The average Bonchev–Trinajstić information content (AvgIpc) is 3.17. The molecular formula is C15H14N6O3. The highest BCUT2D eigenvalue weighted by atomic mass is 16.5. The third-order valence-corrected chi connectivity index (χ3v) is 3.75. The first kappa shape index (κ1) is 14.5. The van der Waals surface area contributed by atoms with Gasteiger partial charge < -0.3 is 15.2 Å². The van der Waals surface area contributed by atoms with E-state index in [1.54, 1.807) is 6.07 Å². The molecule has 4 rings (SSSR count). The van der Waals surface area contributed by atoms with Crippen molar-refractivity contribution in [3.8, 4) is 17.5 Å². The number of nitrogens with zero attached hydrogens (tertiary/aromatic N) is 4. The molecule has 0 unspecified atom stereocenters. The highest BCUT2D eigenvalue weighted by Crippen LogP contribution is 2.45. The number of nitrogens with one attached hydrogen (secondary N) is 1. The molecule has 0 spiro atoms. The largest absolute Gasteiger partial charge is 0.426 e. The van der Waals surface area contributed by atoms with E-state index >= 15 is 0 Å². The molecule has 1 aliphatic carbocycles. The molecule has 1 aliphatic rings. The van der Waals surface area contributed by atoms with Crippen LogP contribution in [0.15, 0.2) is 24.7 Å². The van der Waals surface area contributed by atoms with Gasteiger partial charge in [-0.25, -0.2) is 20.1 Å². The van der Waals surface area contributed by atoms with Crippen molar-refractivity contribution < 1.29 is 14.3 Å². The lowest BCUT2D eigenvalue weighted by atomic mass is 10.1. The lowest BCUT2D eigenvalue weighted by molar-refractivity contribution is -0.131. The van der Waals surface area contributed by atoms with Crippen LogP contribution < -0.4 is 15.2 Å². The Morgan fingerprint density at radius 2 is 2.17 bits per heavy atom. The van der Waals surface area contributed by atoms with Crippen LogP contribution in [0.4, 0.5) is 0 Å². The Balaban J connectivity index is 1.72. The van der Waals surface area contributed by atoms with Gasteiger partial charge in [-0.05, 0) is 18.9 Å². The maximum atomic E-state index is 11.0. The molecule has 0 aliphatic heterocycles. The molecule has 3 aromatic heterocycles. The lowest BCUT2D eigenvalue weighted by Crippen LogP contribution is -2.20. The molecule has 9 nitrogen and oxygen atoms in total. The normalized spacial score (nSPS) is 15.2. The van der Waals surface area contributed by atoms with Crippen LogP contribution in [0.2, 0.25) is 0 Å². The third kappa shape index (κ3) is 2.54. The zero-order valence-corrected chi connectivity index (χ0v) is 12.8. The number of H-pyrrole nitrogens is 1. The molecule has 1 fully saturated rings. The van der Waals surface area contributed by atoms with Crippen LogP contribution in [-0.2, 0) is 10.3 Å². The number of carbonyl (C=O) groups excluding carboxylic acids is 1. The van der Waals surface area contributed by atoms with E-state index in [2.05, 4.69) is 25.1 Å². The van der Waals surface area contributed by atoms with Crippen molar-refractivity contribution in [1.29, 1.82) is 0 Å². The molecule has 9 heteroatoms. The number of hydrogen-bond donors (Lipinski definition) is 2. The molecule has 3 N–H and O–H groups in total. The van der Waals surface area contributed by atoms with E-state index in [1.807, 2.05) is 0 Å². The molecule has 0 radical (unpaired) electrons. The molecule has 0 amide bonds. The second-order valence-corrected chi connectivity index (χ2v) is 5.66. The molecule has 0 saturated heterocycles. The van der Waals surface area contributed by atoms with Crippen LogP contribution in [-0.4, -0.2) is 31.1 Å². The predicted octanol–water partition coefficient (Wildman–Crippen LogP) is 1.41. The lowest BCUT2D eigenvalue weighted by Gasteiger charge is -2.10. The Bertz CT molecular complexity index is 934. The van der Waals surface area contributed by atoms with Gasteiger partial charge in [0.1, 0.15) is 17.5 Å². The minimum Gasteiger partial charge on any atom is -0.426 e. The summed E-state index contributed by atoms with van der Waals surface area (Å²) in [7, 11) is 0. The number of rotatable bonds is 4. The van der Waals surface area contributed by atoms with Crippen molar-refractivity contribution in [2.45, 2.75) is 25.3 Å². The molecule has 122 valence electrons. The fraction of sp³-hybridized carbons (Fsp3) is 0.267.